The van der Waals surface area contributed by atoms with Crippen molar-refractivity contribution in [3.05, 3.63) is 36.2 Å². The lowest BCUT2D eigenvalue weighted by atomic mass is 10.1. The van der Waals surface area contributed by atoms with Crippen molar-refractivity contribution in [3.63, 3.8) is 0 Å². The van der Waals surface area contributed by atoms with Gasteiger partial charge in [-0.05, 0) is 18.6 Å². The summed E-state index contributed by atoms with van der Waals surface area (Å²) in [6, 6.07) is 5.89. The van der Waals surface area contributed by atoms with Crippen molar-refractivity contribution in [2.45, 2.75) is 13.3 Å². The Morgan fingerprint density at radius 2 is 1.93 bits per heavy atom. The molecule has 1 heterocycles. The SMILES string of the molecule is CC(=O)Cc1ccc2cnncc2c1. The van der Waals surface area contributed by atoms with Crippen molar-refractivity contribution in [1.29, 1.82) is 0 Å². The molecule has 0 saturated heterocycles. The quantitative estimate of drug-likeness (QED) is 0.717. The van der Waals surface area contributed by atoms with Crippen LogP contribution in [0.3, 0.4) is 0 Å². The summed E-state index contributed by atoms with van der Waals surface area (Å²) in [5.74, 6) is 0.173. The Morgan fingerprint density at radius 3 is 2.64 bits per heavy atom. The van der Waals surface area contributed by atoms with Crippen LogP contribution in [0.25, 0.3) is 10.8 Å². The second-order valence-electron chi connectivity index (χ2n) is 3.33. The maximum Gasteiger partial charge on any atom is 0.134 e. The fourth-order valence-corrected chi connectivity index (χ4v) is 1.44. The summed E-state index contributed by atoms with van der Waals surface area (Å²) in [7, 11) is 0. The van der Waals surface area contributed by atoms with Gasteiger partial charge in [0.15, 0.2) is 0 Å². The summed E-state index contributed by atoms with van der Waals surface area (Å²) in [6.07, 6.45) is 3.91. The van der Waals surface area contributed by atoms with Gasteiger partial charge in [0.2, 0.25) is 0 Å². The standard InChI is InChI=1S/C11H10N2O/c1-8(14)4-9-2-3-10-6-12-13-7-11(10)5-9/h2-3,5-7H,4H2,1H3. The van der Waals surface area contributed by atoms with Crippen LogP contribution in [0.2, 0.25) is 0 Å². The number of aromatic nitrogens is 2. The molecule has 0 unspecified atom stereocenters. The highest BCUT2D eigenvalue weighted by atomic mass is 16.1. The van der Waals surface area contributed by atoms with E-state index in [1.807, 2.05) is 18.2 Å². The van der Waals surface area contributed by atoms with Crippen LogP contribution in [0.1, 0.15) is 12.5 Å². The van der Waals surface area contributed by atoms with Crippen molar-refractivity contribution in [2.75, 3.05) is 0 Å². The molecular formula is C11H10N2O. The van der Waals surface area contributed by atoms with Crippen LogP contribution in [-0.2, 0) is 11.2 Å². The number of ketones is 1. The average molecular weight is 186 g/mol. The third-order valence-electron chi connectivity index (χ3n) is 2.06. The first-order chi connectivity index (χ1) is 6.75. The van der Waals surface area contributed by atoms with Gasteiger partial charge in [-0.15, -0.1) is 0 Å². The molecule has 70 valence electrons. The molecule has 0 aliphatic heterocycles. The van der Waals surface area contributed by atoms with Gasteiger partial charge in [0.25, 0.3) is 0 Å². The molecule has 1 aromatic carbocycles. The summed E-state index contributed by atoms with van der Waals surface area (Å²) in [4.78, 5) is 10.9. The molecule has 0 saturated carbocycles. The minimum absolute atomic E-state index is 0.173. The minimum Gasteiger partial charge on any atom is -0.300 e. The van der Waals surface area contributed by atoms with Crippen LogP contribution in [0, 0.1) is 0 Å². The van der Waals surface area contributed by atoms with Crippen LogP contribution in [0.5, 0.6) is 0 Å². The summed E-state index contributed by atoms with van der Waals surface area (Å²) in [5.41, 5.74) is 1.03. The zero-order valence-corrected chi connectivity index (χ0v) is 7.90. The summed E-state index contributed by atoms with van der Waals surface area (Å²) >= 11 is 0. The second-order valence-corrected chi connectivity index (χ2v) is 3.33. The number of rotatable bonds is 2. The topological polar surface area (TPSA) is 42.9 Å². The number of carbonyl (C=O) groups is 1. The summed E-state index contributed by atoms with van der Waals surface area (Å²) in [6.45, 7) is 1.59. The minimum atomic E-state index is 0.173. The number of carbonyl (C=O) groups excluding carboxylic acids is 1. The number of hydrogen-bond donors (Lipinski definition) is 0. The van der Waals surface area contributed by atoms with E-state index in [2.05, 4.69) is 10.2 Å². The van der Waals surface area contributed by atoms with Gasteiger partial charge in [0.05, 0.1) is 12.4 Å². The molecule has 2 aromatic rings. The van der Waals surface area contributed by atoms with Gasteiger partial charge in [0.1, 0.15) is 5.78 Å². The van der Waals surface area contributed by atoms with Gasteiger partial charge >= 0.3 is 0 Å². The second kappa shape index (κ2) is 3.54. The molecule has 14 heavy (non-hydrogen) atoms. The largest absolute Gasteiger partial charge is 0.300 e. The van der Waals surface area contributed by atoms with E-state index < -0.39 is 0 Å². The van der Waals surface area contributed by atoms with Gasteiger partial charge in [-0.25, -0.2) is 0 Å². The maximum atomic E-state index is 10.9. The van der Waals surface area contributed by atoms with Crippen molar-refractivity contribution < 1.29 is 4.79 Å². The number of hydrogen-bond acceptors (Lipinski definition) is 3. The van der Waals surface area contributed by atoms with Gasteiger partial charge < -0.3 is 0 Å². The molecule has 2 rings (SSSR count). The molecule has 0 radical (unpaired) electrons. The highest BCUT2D eigenvalue weighted by molar-refractivity contribution is 5.84. The Labute approximate surface area is 81.8 Å². The zero-order valence-electron chi connectivity index (χ0n) is 7.90. The summed E-state index contributed by atoms with van der Waals surface area (Å²) < 4.78 is 0. The van der Waals surface area contributed by atoms with E-state index in [4.69, 9.17) is 0 Å². The number of benzene rings is 1. The van der Waals surface area contributed by atoms with Crippen LogP contribution < -0.4 is 0 Å². The van der Waals surface area contributed by atoms with Crippen molar-refractivity contribution >= 4 is 16.6 Å². The molecule has 0 aliphatic rings. The van der Waals surface area contributed by atoms with E-state index in [9.17, 15) is 4.79 Å². The van der Waals surface area contributed by atoms with Crippen molar-refractivity contribution in [3.8, 4) is 0 Å². The Bertz CT molecular complexity index is 479. The van der Waals surface area contributed by atoms with E-state index in [0.717, 1.165) is 16.3 Å². The molecule has 0 spiro atoms. The fourth-order valence-electron chi connectivity index (χ4n) is 1.44. The maximum absolute atomic E-state index is 10.9. The van der Waals surface area contributed by atoms with E-state index >= 15 is 0 Å². The predicted octanol–water partition coefficient (Wildman–Crippen LogP) is 1.76. The van der Waals surface area contributed by atoms with Crippen molar-refractivity contribution in [2.24, 2.45) is 0 Å². The zero-order chi connectivity index (χ0) is 9.97. The third-order valence-corrected chi connectivity index (χ3v) is 2.06. The van der Waals surface area contributed by atoms with E-state index in [-0.39, 0.29) is 5.78 Å². The summed E-state index contributed by atoms with van der Waals surface area (Å²) in [5, 5.41) is 9.66. The van der Waals surface area contributed by atoms with Gasteiger partial charge in [-0.2, -0.15) is 10.2 Å². The Hall–Kier alpha value is -1.77. The average Bonchev–Trinajstić information content (AvgIpc) is 2.17. The lowest BCUT2D eigenvalue weighted by Gasteiger charge is -1.99. The van der Waals surface area contributed by atoms with Crippen LogP contribution in [0.15, 0.2) is 30.6 Å². The van der Waals surface area contributed by atoms with E-state index in [1.54, 1.807) is 19.3 Å². The monoisotopic (exact) mass is 186 g/mol. The van der Waals surface area contributed by atoms with Crippen molar-refractivity contribution in [1.82, 2.24) is 10.2 Å². The number of Topliss-reactive ketones (excluding diaryl/α,β-unsaturated/α-hetero) is 1. The lowest BCUT2D eigenvalue weighted by molar-refractivity contribution is -0.116. The molecule has 3 nitrogen and oxygen atoms in total. The van der Waals surface area contributed by atoms with Crippen LogP contribution >= 0.6 is 0 Å². The van der Waals surface area contributed by atoms with Crippen LogP contribution in [-0.4, -0.2) is 16.0 Å². The Balaban J connectivity index is 2.46. The first kappa shape index (κ1) is 8.81. The molecule has 1 aromatic heterocycles. The number of fused-ring (bicyclic) bond motifs is 1. The predicted molar refractivity (Wildman–Crippen MR) is 53.9 cm³/mol. The van der Waals surface area contributed by atoms with Gasteiger partial charge in [-0.3, -0.25) is 4.79 Å². The Kier molecular flexibility index (Phi) is 2.23. The molecule has 0 fully saturated rings. The first-order valence-electron chi connectivity index (χ1n) is 4.44. The van der Waals surface area contributed by atoms with Crippen LogP contribution in [0.4, 0.5) is 0 Å². The fraction of sp³-hybridized carbons (Fsp3) is 0.182. The third kappa shape index (κ3) is 1.76. The smallest absolute Gasteiger partial charge is 0.134 e. The van der Waals surface area contributed by atoms with E-state index in [0.29, 0.717) is 6.42 Å². The number of nitrogens with zero attached hydrogens (tertiary/aromatic N) is 2. The molecule has 0 aliphatic carbocycles. The molecule has 0 amide bonds. The first-order valence-corrected chi connectivity index (χ1v) is 4.44. The normalized spacial score (nSPS) is 10.4. The van der Waals surface area contributed by atoms with Gasteiger partial charge in [-0.1, -0.05) is 12.1 Å². The highest BCUT2D eigenvalue weighted by Crippen LogP contribution is 2.13. The molecule has 0 N–H and O–H groups in total. The van der Waals surface area contributed by atoms with Gasteiger partial charge in [0, 0.05) is 17.2 Å². The molecule has 0 bridgehead atoms. The molecule has 0 atom stereocenters. The highest BCUT2D eigenvalue weighted by Gasteiger charge is 1.99. The van der Waals surface area contributed by atoms with E-state index in [1.165, 1.54) is 0 Å². The molecular weight excluding hydrogens is 176 g/mol. The Morgan fingerprint density at radius 1 is 1.21 bits per heavy atom. The molecule has 3 heteroatoms. The lowest BCUT2D eigenvalue weighted by Crippen LogP contribution is -1.95.